The number of benzene rings is 1. The van der Waals surface area contributed by atoms with E-state index in [2.05, 4.69) is 15.5 Å². The zero-order chi connectivity index (χ0) is 25.9. The van der Waals surface area contributed by atoms with E-state index < -0.39 is 5.97 Å². The van der Waals surface area contributed by atoms with Crippen molar-refractivity contribution in [1.29, 1.82) is 0 Å². The second-order valence-electron chi connectivity index (χ2n) is 8.05. The van der Waals surface area contributed by atoms with Crippen molar-refractivity contribution in [2.75, 3.05) is 18.2 Å². The summed E-state index contributed by atoms with van der Waals surface area (Å²) in [5.41, 5.74) is 3.20. The first-order valence-corrected chi connectivity index (χ1v) is 13.2. The monoisotopic (exact) mass is 536 g/mol. The fourth-order valence-corrected chi connectivity index (χ4v) is 5.72. The largest absolute Gasteiger partial charge is 0.483 e. The smallest absolute Gasteiger partial charge is 0.341 e. The summed E-state index contributed by atoms with van der Waals surface area (Å²) in [5, 5.41) is 13.1. The molecule has 35 heavy (non-hydrogen) atoms. The summed E-state index contributed by atoms with van der Waals surface area (Å²) in [6.07, 6.45) is 0.314. The molecule has 2 heterocycles. The number of halogens is 1. The van der Waals surface area contributed by atoms with Crippen LogP contribution in [0.25, 0.3) is 0 Å². The van der Waals surface area contributed by atoms with E-state index in [0.29, 0.717) is 33.7 Å². The molecule has 1 aromatic carbocycles. The molecule has 0 spiro atoms. The molecule has 0 aliphatic heterocycles. The maximum absolute atomic E-state index is 12.7. The quantitative estimate of drug-likeness (QED) is 0.278. The molecule has 0 fully saturated rings. The number of esters is 1. The van der Waals surface area contributed by atoms with Crippen LogP contribution in [0.4, 0.5) is 5.00 Å². The van der Waals surface area contributed by atoms with Gasteiger partial charge >= 0.3 is 5.97 Å². The van der Waals surface area contributed by atoms with Crippen LogP contribution in [0.5, 0.6) is 5.75 Å². The molecule has 188 valence electrons. The third-order valence-corrected chi connectivity index (χ3v) is 8.17. The Morgan fingerprint density at radius 1 is 1.23 bits per heavy atom. The van der Waals surface area contributed by atoms with E-state index in [1.165, 1.54) is 30.2 Å². The van der Waals surface area contributed by atoms with E-state index in [1.54, 1.807) is 0 Å². The number of carbonyl (C=O) groups is 2. The summed E-state index contributed by atoms with van der Waals surface area (Å²) in [7, 11) is 3.17. The average Bonchev–Trinajstić information content (AvgIpc) is 3.33. The van der Waals surface area contributed by atoms with Crippen LogP contribution in [0.3, 0.4) is 0 Å². The molecule has 2 aromatic heterocycles. The molecule has 0 aliphatic carbocycles. The van der Waals surface area contributed by atoms with E-state index in [-0.39, 0.29) is 17.8 Å². The highest BCUT2D eigenvalue weighted by molar-refractivity contribution is 7.99. The predicted molar refractivity (Wildman–Crippen MR) is 140 cm³/mol. The van der Waals surface area contributed by atoms with Gasteiger partial charge in [-0.15, -0.1) is 21.5 Å². The molecule has 0 bridgehead atoms. The van der Waals surface area contributed by atoms with Crippen LogP contribution in [0, 0.1) is 20.8 Å². The molecule has 1 atom stereocenters. The van der Waals surface area contributed by atoms with Crippen molar-refractivity contribution in [3.05, 3.63) is 50.1 Å². The van der Waals surface area contributed by atoms with Gasteiger partial charge in [-0.1, -0.05) is 30.3 Å². The maximum Gasteiger partial charge on any atom is 0.341 e. The van der Waals surface area contributed by atoms with Crippen LogP contribution in [0.1, 0.15) is 57.7 Å². The molecule has 3 aromatic rings. The van der Waals surface area contributed by atoms with Crippen molar-refractivity contribution < 1.29 is 19.1 Å². The van der Waals surface area contributed by atoms with Gasteiger partial charge in [0.1, 0.15) is 10.8 Å². The minimum Gasteiger partial charge on any atom is -0.483 e. The van der Waals surface area contributed by atoms with Crippen molar-refractivity contribution in [2.45, 2.75) is 52.3 Å². The van der Waals surface area contributed by atoms with E-state index in [4.69, 9.17) is 21.1 Å². The van der Waals surface area contributed by atoms with Crippen molar-refractivity contribution in [2.24, 2.45) is 7.05 Å². The Morgan fingerprint density at radius 3 is 2.49 bits per heavy atom. The standard InChI is InChI=1S/C24H29ClN4O4S2/c1-8-17-15(5)35-22(19(17)23(31)32-7)26-18(30)11-34-24-28-27-21(29(24)6)14(4)33-16-9-12(2)20(25)13(3)10-16/h9-10,14H,8,11H2,1-7H3,(H,26,30). The van der Waals surface area contributed by atoms with Gasteiger partial charge in [0.05, 0.1) is 18.4 Å². The number of aromatic nitrogens is 3. The molecule has 1 unspecified atom stereocenters. The van der Waals surface area contributed by atoms with Gasteiger partial charge in [0, 0.05) is 16.9 Å². The third-order valence-electron chi connectivity index (χ3n) is 5.49. The van der Waals surface area contributed by atoms with Gasteiger partial charge in [-0.2, -0.15) is 0 Å². The lowest BCUT2D eigenvalue weighted by Crippen LogP contribution is -2.16. The Hall–Kier alpha value is -2.56. The fourth-order valence-electron chi connectivity index (χ4n) is 3.74. The molecule has 11 heteroatoms. The highest BCUT2D eigenvalue weighted by Crippen LogP contribution is 2.34. The summed E-state index contributed by atoms with van der Waals surface area (Å²) in [6.45, 7) is 9.66. The fraction of sp³-hybridized carbons (Fsp3) is 0.417. The van der Waals surface area contributed by atoms with Gasteiger partial charge in [0.25, 0.3) is 0 Å². The Kier molecular flexibility index (Phi) is 8.84. The Labute approximate surface area is 218 Å². The molecule has 1 amide bonds. The second-order valence-corrected chi connectivity index (χ2v) is 10.6. The van der Waals surface area contributed by atoms with Gasteiger partial charge in [-0.25, -0.2) is 4.79 Å². The van der Waals surface area contributed by atoms with Gasteiger partial charge in [-0.3, -0.25) is 4.79 Å². The highest BCUT2D eigenvalue weighted by Gasteiger charge is 2.24. The first-order chi connectivity index (χ1) is 16.6. The lowest BCUT2D eigenvalue weighted by Gasteiger charge is -2.16. The molecule has 0 saturated carbocycles. The Balaban J connectivity index is 1.66. The van der Waals surface area contributed by atoms with Gasteiger partial charge in [0.2, 0.25) is 5.91 Å². The summed E-state index contributed by atoms with van der Waals surface area (Å²) in [4.78, 5) is 25.9. The van der Waals surface area contributed by atoms with Gasteiger partial charge < -0.3 is 19.4 Å². The van der Waals surface area contributed by atoms with Crippen LogP contribution in [-0.4, -0.2) is 39.5 Å². The number of anilines is 1. The van der Waals surface area contributed by atoms with E-state index >= 15 is 0 Å². The lowest BCUT2D eigenvalue weighted by molar-refractivity contribution is -0.113. The molecule has 1 N–H and O–H groups in total. The molecule has 0 radical (unpaired) electrons. The van der Waals surface area contributed by atoms with Crippen molar-refractivity contribution in [3.63, 3.8) is 0 Å². The molecule has 0 aliphatic rings. The minimum atomic E-state index is -0.452. The number of thioether (sulfide) groups is 1. The summed E-state index contributed by atoms with van der Waals surface area (Å²) >= 11 is 8.88. The van der Waals surface area contributed by atoms with Crippen LogP contribution < -0.4 is 10.1 Å². The van der Waals surface area contributed by atoms with Crippen molar-refractivity contribution in [3.8, 4) is 5.75 Å². The number of methoxy groups -OCH3 is 1. The maximum atomic E-state index is 12.7. The Morgan fingerprint density at radius 2 is 1.89 bits per heavy atom. The van der Waals surface area contributed by atoms with Crippen molar-refractivity contribution >= 4 is 51.6 Å². The van der Waals surface area contributed by atoms with Crippen LogP contribution in [-0.2, 0) is 23.0 Å². The number of aryl methyl sites for hydroxylation is 3. The van der Waals surface area contributed by atoms with Gasteiger partial charge in [-0.05, 0) is 62.9 Å². The number of nitrogens with one attached hydrogen (secondary N) is 1. The lowest BCUT2D eigenvalue weighted by atomic mass is 10.1. The third kappa shape index (κ3) is 5.99. The normalized spacial score (nSPS) is 11.9. The molecule has 0 saturated heterocycles. The minimum absolute atomic E-state index is 0.107. The topological polar surface area (TPSA) is 95.3 Å². The number of ether oxygens (including phenoxy) is 2. The van der Waals surface area contributed by atoms with Crippen LogP contribution in [0.15, 0.2) is 17.3 Å². The number of nitrogens with zero attached hydrogens (tertiary/aromatic N) is 3. The number of rotatable bonds is 9. The van der Waals surface area contributed by atoms with Crippen molar-refractivity contribution in [1.82, 2.24) is 14.8 Å². The zero-order valence-corrected chi connectivity index (χ0v) is 23.2. The first-order valence-electron chi connectivity index (χ1n) is 11.0. The Bertz CT molecular complexity index is 1230. The van der Waals surface area contributed by atoms with E-state index in [1.807, 2.05) is 58.4 Å². The van der Waals surface area contributed by atoms with Crippen LogP contribution in [0.2, 0.25) is 5.02 Å². The van der Waals surface area contributed by atoms with Gasteiger partial charge in [0.15, 0.2) is 17.1 Å². The molecular formula is C24H29ClN4O4S2. The summed E-state index contributed by atoms with van der Waals surface area (Å²) < 4.78 is 12.8. The number of amides is 1. The SMILES string of the molecule is CCc1c(C)sc(NC(=O)CSc2nnc(C(C)Oc3cc(C)c(Cl)c(C)c3)n2C)c1C(=O)OC. The second kappa shape index (κ2) is 11.5. The van der Waals surface area contributed by atoms with Crippen LogP contribution >= 0.6 is 34.7 Å². The summed E-state index contributed by atoms with van der Waals surface area (Å²) in [5.74, 6) is 0.743. The highest BCUT2D eigenvalue weighted by atomic mass is 35.5. The predicted octanol–water partition coefficient (Wildman–Crippen LogP) is 5.68. The van der Waals surface area contributed by atoms with E-state index in [0.717, 1.165) is 26.6 Å². The first kappa shape index (κ1) is 27.0. The number of hydrogen-bond donors (Lipinski definition) is 1. The number of thiophene rings is 1. The molecular weight excluding hydrogens is 508 g/mol. The summed E-state index contributed by atoms with van der Waals surface area (Å²) in [6, 6.07) is 3.78. The average molecular weight is 537 g/mol. The molecule has 3 rings (SSSR count). The van der Waals surface area contributed by atoms with E-state index in [9.17, 15) is 9.59 Å². The number of carbonyl (C=O) groups excluding carboxylic acids is 2. The molecule has 8 nitrogen and oxygen atoms in total. The zero-order valence-electron chi connectivity index (χ0n) is 20.8. The number of hydrogen-bond acceptors (Lipinski definition) is 8.